The van der Waals surface area contributed by atoms with Gasteiger partial charge in [-0.15, -0.1) is 0 Å². The van der Waals surface area contributed by atoms with Crippen LogP contribution in [0.5, 0.6) is 0 Å². The van der Waals surface area contributed by atoms with Crippen molar-refractivity contribution in [2.24, 2.45) is 28.6 Å². The summed E-state index contributed by atoms with van der Waals surface area (Å²) in [4.78, 5) is 36.0. The van der Waals surface area contributed by atoms with Crippen molar-refractivity contribution in [2.75, 3.05) is 0 Å². The zero-order valence-corrected chi connectivity index (χ0v) is 18.5. The van der Waals surface area contributed by atoms with Gasteiger partial charge in [0.2, 0.25) is 0 Å². The molecule has 4 heteroatoms. The van der Waals surface area contributed by atoms with Crippen molar-refractivity contribution < 1.29 is 19.1 Å². The number of ketones is 1. The first kappa shape index (κ1) is 21.0. The van der Waals surface area contributed by atoms with Crippen LogP contribution in [0.3, 0.4) is 0 Å². The van der Waals surface area contributed by atoms with Crippen molar-refractivity contribution in [1.29, 1.82) is 0 Å². The lowest BCUT2D eigenvalue weighted by atomic mass is 9.53. The molecule has 2 fully saturated rings. The fraction of sp³-hybridized carbons (Fsp3) is 0.577. The number of fused-ring (bicyclic) bond motifs is 5. The Labute approximate surface area is 179 Å². The molecule has 0 spiro atoms. The van der Waals surface area contributed by atoms with Gasteiger partial charge in [-0.3, -0.25) is 14.4 Å². The first-order valence-electron chi connectivity index (χ1n) is 11.2. The predicted molar refractivity (Wildman–Crippen MR) is 115 cm³/mol. The normalized spacial score (nSPS) is 36.4. The monoisotopic (exact) mass is 408 g/mol. The van der Waals surface area contributed by atoms with E-state index >= 15 is 0 Å². The van der Waals surface area contributed by atoms with Crippen molar-refractivity contribution in [3.05, 3.63) is 46.8 Å². The summed E-state index contributed by atoms with van der Waals surface area (Å²) in [5.41, 5.74) is 3.34. The predicted octanol–water partition coefficient (Wildman–Crippen LogP) is 5.26. The van der Waals surface area contributed by atoms with Gasteiger partial charge in [0.05, 0.1) is 0 Å². The molecule has 0 aromatic heterocycles. The minimum absolute atomic E-state index is 0.0899. The van der Waals surface area contributed by atoms with Gasteiger partial charge in [0.15, 0.2) is 17.8 Å². The Hall–Kier alpha value is -2.23. The molecule has 0 amide bonds. The van der Waals surface area contributed by atoms with Crippen LogP contribution in [0.2, 0.25) is 0 Å². The van der Waals surface area contributed by atoms with E-state index < -0.39 is 0 Å². The minimum atomic E-state index is -0.323. The molecule has 0 unspecified atom stereocenters. The maximum Gasteiger partial charge on any atom is 0.311 e. The largest absolute Gasteiger partial charge is 0.423 e. The molecule has 0 bridgehead atoms. The van der Waals surface area contributed by atoms with Crippen molar-refractivity contribution in [3.8, 4) is 0 Å². The number of hydrogen-bond acceptors (Lipinski definition) is 4. The van der Waals surface area contributed by atoms with Gasteiger partial charge in [0, 0.05) is 11.8 Å². The van der Waals surface area contributed by atoms with Gasteiger partial charge in [0.1, 0.15) is 0 Å². The van der Waals surface area contributed by atoms with Crippen LogP contribution in [-0.4, -0.2) is 18.0 Å². The second-order valence-electron chi connectivity index (χ2n) is 10.2. The molecule has 0 aromatic carbocycles. The highest BCUT2D eigenvalue weighted by molar-refractivity contribution is 6.01. The molecule has 4 aliphatic rings. The Morgan fingerprint density at radius 2 is 2.03 bits per heavy atom. The number of carbonyl (C=O) groups excluding carboxylic acids is 3. The SMILES string of the molecule is CC(C)CC(=O)OC(C=O)=C1CC[C@H]2[C@@H]3CCC4=CC(=O)C=C[C@]4(C)C3=CC[C@]12C. The van der Waals surface area contributed by atoms with Crippen molar-refractivity contribution >= 4 is 18.0 Å². The third-order valence-corrected chi connectivity index (χ3v) is 7.94. The van der Waals surface area contributed by atoms with Crippen molar-refractivity contribution in [2.45, 2.75) is 66.2 Å². The summed E-state index contributed by atoms with van der Waals surface area (Å²) in [5.74, 6) is 1.07. The molecule has 0 radical (unpaired) electrons. The van der Waals surface area contributed by atoms with Gasteiger partial charge >= 0.3 is 5.97 Å². The Balaban J connectivity index is 1.67. The van der Waals surface area contributed by atoms with E-state index in [-0.39, 0.29) is 34.3 Å². The first-order valence-corrected chi connectivity index (χ1v) is 11.2. The summed E-state index contributed by atoms with van der Waals surface area (Å²) in [6.45, 7) is 8.41. The molecule has 160 valence electrons. The van der Waals surface area contributed by atoms with Crippen LogP contribution < -0.4 is 0 Å². The van der Waals surface area contributed by atoms with Crippen LogP contribution in [-0.2, 0) is 19.1 Å². The lowest BCUT2D eigenvalue weighted by molar-refractivity contribution is -0.142. The van der Waals surface area contributed by atoms with Gasteiger partial charge < -0.3 is 4.74 Å². The smallest absolute Gasteiger partial charge is 0.311 e. The molecule has 30 heavy (non-hydrogen) atoms. The number of allylic oxidation sites excluding steroid dienone is 8. The maximum absolute atomic E-state index is 12.2. The molecule has 0 saturated heterocycles. The molecule has 0 aliphatic heterocycles. The lowest BCUT2D eigenvalue weighted by Crippen LogP contribution is -2.42. The van der Waals surface area contributed by atoms with E-state index in [1.807, 2.05) is 19.9 Å². The summed E-state index contributed by atoms with van der Waals surface area (Å²) < 4.78 is 5.56. The van der Waals surface area contributed by atoms with Crippen LogP contribution >= 0.6 is 0 Å². The molecule has 4 aliphatic carbocycles. The van der Waals surface area contributed by atoms with E-state index in [0.29, 0.717) is 18.3 Å². The van der Waals surface area contributed by atoms with E-state index in [4.69, 9.17) is 4.74 Å². The van der Waals surface area contributed by atoms with Crippen LogP contribution in [0.15, 0.2) is 46.8 Å². The summed E-state index contributed by atoms with van der Waals surface area (Å²) in [6.07, 6.45) is 13.6. The van der Waals surface area contributed by atoms with Crippen molar-refractivity contribution in [3.63, 3.8) is 0 Å². The number of aldehydes is 1. The second-order valence-corrected chi connectivity index (χ2v) is 10.2. The number of hydrogen-bond donors (Lipinski definition) is 0. The van der Waals surface area contributed by atoms with Gasteiger partial charge in [-0.1, -0.05) is 44.1 Å². The Morgan fingerprint density at radius 3 is 2.73 bits per heavy atom. The summed E-state index contributed by atoms with van der Waals surface area (Å²) in [6, 6.07) is 0. The molecule has 2 saturated carbocycles. The summed E-state index contributed by atoms with van der Waals surface area (Å²) in [5, 5.41) is 0. The van der Waals surface area contributed by atoms with E-state index in [0.717, 1.165) is 44.0 Å². The zero-order chi connectivity index (χ0) is 21.7. The molecular formula is C26H32O4. The quantitative estimate of drug-likeness (QED) is 0.209. The van der Waals surface area contributed by atoms with Crippen LogP contribution in [0.1, 0.15) is 66.2 Å². The molecule has 0 aromatic rings. The molecule has 4 nitrogen and oxygen atoms in total. The fourth-order valence-corrected chi connectivity index (χ4v) is 6.40. The summed E-state index contributed by atoms with van der Waals surface area (Å²) in [7, 11) is 0. The number of carbonyl (C=O) groups is 3. The number of rotatable bonds is 4. The number of ether oxygens (including phenoxy) is 1. The third kappa shape index (κ3) is 3.25. The van der Waals surface area contributed by atoms with Crippen LogP contribution in [0, 0.1) is 28.6 Å². The first-order chi connectivity index (χ1) is 14.2. The highest BCUT2D eigenvalue weighted by Crippen LogP contribution is 2.64. The second kappa shape index (κ2) is 7.47. The zero-order valence-electron chi connectivity index (χ0n) is 18.5. The summed E-state index contributed by atoms with van der Waals surface area (Å²) >= 11 is 0. The molecule has 4 atom stereocenters. The molecule has 0 heterocycles. The van der Waals surface area contributed by atoms with Crippen molar-refractivity contribution in [1.82, 2.24) is 0 Å². The van der Waals surface area contributed by atoms with Crippen LogP contribution in [0.25, 0.3) is 0 Å². The minimum Gasteiger partial charge on any atom is -0.423 e. The Morgan fingerprint density at radius 1 is 1.27 bits per heavy atom. The molecule has 4 rings (SSSR count). The van der Waals surface area contributed by atoms with Gasteiger partial charge in [-0.25, -0.2) is 0 Å². The lowest BCUT2D eigenvalue weighted by Gasteiger charge is -2.51. The Kier molecular flexibility index (Phi) is 5.24. The van der Waals surface area contributed by atoms with E-state index in [1.54, 1.807) is 6.08 Å². The fourth-order valence-electron chi connectivity index (χ4n) is 6.40. The molecule has 0 N–H and O–H groups in total. The number of esters is 1. The van der Waals surface area contributed by atoms with Gasteiger partial charge in [0.25, 0.3) is 0 Å². The van der Waals surface area contributed by atoms with E-state index in [2.05, 4.69) is 26.0 Å². The van der Waals surface area contributed by atoms with E-state index in [9.17, 15) is 14.4 Å². The van der Waals surface area contributed by atoms with Gasteiger partial charge in [-0.2, -0.15) is 0 Å². The average molecular weight is 409 g/mol. The van der Waals surface area contributed by atoms with Gasteiger partial charge in [-0.05, 0) is 79.9 Å². The molecular weight excluding hydrogens is 376 g/mol. The maximum atomic E-state index is 12.2. The standard InChI is InChI=1S/C26H32O4/c1-16(2)13-24(29)30-23(15-27)22-8-7-20-19-6-5-17-14-18(28)9-11-25(17,3)21(19)10-12-26(20,22)4/h9-11,14-16,19-20H,5-8,12-13H2,1-4H3/t19-,20-,25-,26-/m0/s1. The average Bonchev–Trinajstić information content (AvgIpc) is 3.03. The Bertz CT molecular complexity index is 915. The third-order valence-electron chi connectivity index (χ3n) is 7.94. The van der Waals surface area contributed by atoms with Crippen LogP contribution in [0.4, 0.5) is 0 Å². The topological polar surface area (TPSA) is 60.4 Å². The van der Waals surface area contributed by atoms with E-state index in [1.165, 1.54) is 11.1 Å². The highest BCUT2D eigenvalue weighted by Gasteiger charge is 2.54. The highest BCUT2D eigenvalue weighted by atomic mass is 16.5.